The first-order chi connectivity index (χ1) is 6.16. The van der Waals surface area contributed by atoms with Crippen molar-refractivity contribution in [1.82, 2.24) is 5.32 Å². The first kappa shape index (κ1) is 10.7. The van der Waals surface area contributed by atoms with Crippen molar-refractivity contribution in [2.75, 3.05) is 20.3 Å². The Bertz CT molecular complexity index is 179. The van der Waals surface area contributed by atoms with E-state index in [1.807, 2.05) is 7.05 Å². The molecule has 1 heterocycles. The molecule has 0 bridgehead atoms. The molecule has 1 fully saturated rings. The lowest BCUT2D eigenvalue weighted by molar-refractivity contribution is 0.0162. The van der Waals surface area contributed by atoms with Crippen molar-refractivity contribution < 1.29 is 4.74 Å². The van der Waals surface area contributed by atoms with Gasteiger partial charge in [0.2, 0.25) is 0 Å². The number of hydrogen-bond acceptors (Lipinski definition) is 2. The quantitative estimate of drug-likeness (QED) is 0.674. The van der Waals surface area contributed by atoms with Crippen LogP contribution in [-0.2, 0) is 4.74 Å². The molecule has 0 saturated carbocycles. The molecule has 2 nitrogen and oxygen atoms in total. The fraction of sp³-hybridized carbons (Fsp3) is 0.818. The standard InChI is InChI=1S/C11H21NO/c1-8(2)11(12-4)10-5-6-13-7-9(10)3/h9-12H,1,5-7H2,2-4H3. The van der Waals surface area contributed by atoms with E-state index in [2.05, 4.69) is 25.7 Å². The van der Waals surface area contributed by atoms with Gasteiger partial charge in [0.15, 0.2) is 0 Å². The summed E-state index contributed by atoms with van der Waals surface area (Å²) in [6.07, 6.45) is 1.15. The second kappa shape index (κ2) is 4.77. The minimum absolute atomic E-state index is 0.457. The van der Waals surface area contributed by atoms with Crippen molar-refractivity contribution in [2.24, 2.45) is 11.8 Å². The Labute approximate surface area is 81.4 Å². The molecule has 0 spiro atoms. The van der Waals surface area contributed by atoms with E-state index in [1.54, 1.807) is 0 Å². The number of ether oxygens (including phenoxy) is 1. The van der Waals surface area contributed by atoms with E-state index in [0.717, 1.165) is 19.6 Å². The van der Waals surface area contributed by atoms with Crippen LogP contribution in [0.4, 0.5) is 0 Å². The van der Waals surface area contributed by atoms with Crippen molar-refractivity contribution in [3.05, 3.63) is 12.2 Å². The van der Waals surface area contributed by atoms with Gasteiger partial charge in [-0.25, -0.2) is 0 Å². The highest BCUT2D eigenvalue weighted by Gasteiger charge is 2.28. The van der Waals surface area contributed by atoms with Gasteiger partial charge in [0.25, 0.3) is 0 Å². The Kier molecular flexibility index (Phi) is 3.94. The molecular weight excluding hydrogens is 162 g/mol. The zero-order chi connectivity index (χ0) is 9.84. The van der Waals surface area contributed by atoms with Crippen LogP contribution in [0.1, 0.15) is 20.3 Å². The fourth-order valence-corrected chi connectivity index (χ4v) is 2.22. The van der Waals surface area contributed by atoms with Gasteiger partial charge in [0.05, 0.1) is 0 Å². The summed E-state index contributed by atoms with van der Waals surface area (Å²) in [5.41, 5.74) is 1.24. The molecule has 3 unspecified atom stereocenters. The number of rotatable bonds is 3. The maximum Gasteiger partial charge on any atom is 0.0494 e. The third kappa shape index (κ3) is 2.55. The lowest BCUT2D eigenvalue weighted by atomic mass is 9.81. The largest absolute Gasteiger partial charge is 0.381 e. The summed E-state index contributed by atoms with van der Waals surface area (Å²) >= 11 is 0. The normalized spacial score (nSPS) is 31.3. The van der Waals surface area contributed by atoms with Crippen molar-refractivity contribution in [1.29, 1.82) is 0 Å². The summed E-state index contributed by atoms with van der Waals surface area (Å²) < 4.78 is 5.43. The van der Waals surface area contributed by atoms with E-state index in [9.17, 15) is 0 Å². The molecule has 2 heteroatoms. The summed E-state index contributed by atoms with van der Waals surface area (Å²) in [6.45, 7) is 10.2. The Morgan fingerprint density at radius 1 is 1.62 bits per heavy atom. The van der Waals surface area contributed by atoms with Crippen LogP contribution in [0.3, 0.4) is 0 Å². The van der Waals surface area contributed by atoms with Crippen LogP contribution in [-0.4, -0.2) is 26.3 Å². The minimum atomic E-state index is 0.457. The van der Waals surface area contributed by atoms with E-state index >= 15 is 0 Å². The van der Waals surface area contributed by atoms with E-state index in [-0.39, 0.29) is 0 Å². The van der Waals surface area contributed by atoms with Gasteiger partial charge in [-0.1, -0.05) is 19.1 Å². The van der Waals surface area contributed by atoms with Gasteiger partial charge >= 0.3 is 0 Å². The minimum Gasteiger partial charge on any atom is -0.381 e. The monoisotopic (exact) mass is 183 g/mol. The fourth-order valence-electron chi connectivity index (χ4n) is 2.22. The second-order valence-electron chi connectivity index (χ2n) is 4.12. The Morgan fingerprint density at radius 3 is 2.77 bits per heavy atom. The van der Waals surface area contributed by atoms with Gasteiger partial charge in [-0.15, -0.1) is 0 Å². The van der Waals surface area contributed by atoms with Crippen LogP contribution < -0.4 is 5.32 Å². The zero-order valence-corrected chi connectivity index (χ0v) is 8.97. The molecule has 3 atom stereocenters. The van der Waals surface area contributed by atoms with E-state index in [4.69, 9.17) is 4.74 Å². The van der Waals surface area contributed by atoms with E-state index < -0.39 is 0 Å². The van der Waals surface area contributed by atoms with Crippen molar-refractivity contribution in [2.45, 2.75) is 26.3 Å². The molecule has 1 saturated heterocycles. The van der Waals surface area contributed by atoms with Gasteiger partial charge in [-0.2, -0.15) is 0 Å². The third-order valence-electron chi connectivity index (χ3n) is 2.98. The molecule has 0 radical (unpaired) electrons. The molecule has 0 aliphatic carbocycles. The molecule has 1 N–H and O–H groups in total. The van der Waals surface area contributed by atoms with E-state index in [1.165, 1.54) is 5.57 Å². The third-order valence-corrected chi connectivity index (χ3v) is 2.98. The van der Waals surface area contributed by atoms with Crippen LogP contribution in [0.2, 0.25) is 0 Å². The first-order valence-electron chi connectivity index (χ1n) is 5.07. The average Bonchev–Trinajstić information content (AvgIpc) is 2.09. The smallest absolute Gasteiger partial charge is 0.0494 e. The van der Waals surface area contributed by atoms with Crippen molar-refractivity contribution in [3.63, 3.8) is 0 Å². The van der Waals surface area contributed by atoms with Gasteiger partial charge in [0, 0.05) is 19.3 Å². The van der Waals surface area contributed by atoms with Gasteiger partial charge in [-0.05, 0) is 32.2 Å². The average molecular weight is 183 g/mol. The Morgan fingerprint density at radius 2 is 2.31 bits per heavy atom. The maximum atomic E-state index is 5.43. The van der Waals surface area contributed by atoms with Gasteiger partial charge in [0.1, 0.15) is 0 Å². The molecule has 0 aromatic rings. The summed E-state index contributed by atoms with van der Waals surface area (Å²) in [6, 6.07) is 0.457. The van der Waals surface area contributed by atoms with Crippen LogP contribution in [0.25, 0.3) is 0 Å². The number of nitrogens with one attached hydrogen (secondary N) is 1. The molecule has 0 aromatic carbocycles. The summed E-state index contributed by atoms with van der Waals surface area (Å²) in [7, 11) is 2.02. The molecule has 1 rings (SSSR count). The van der Waals surface area contributed by atoms with Gasteiger partial charge in [-0.3, -0.25) is 0 Å². The Balaban J connectivity index is 2.60. The highest BCUT2D eigenvalue weighted by Crippen LogP contribution is 2.27. The van der Waals surface area contributed by atoms with Crippen LogP contribution in [0.5, 0.6) is 0 Å². The molecule has 0 aromatic heterocycles. The lowest BCUT2D eigenvalue weighted by Gasteiger charge is -2.35. The maximum absolute atomic E-state index is 5.43. The molecule has 0 amide bonds. The van der Waals surface area contributed by atoms with Crippen LogP contribution >= 0.6 is 0 Å². The summed E-state index contributed by atoms with van der Waals surface area (Å²) in [5, 5.41) is 3.35. The van der Waals surface area contributed by atoms with Crippen LogP contribution in [0, 0.1) is 11.8 Å². The predicted octanol–water partition coefficient (Wildman–Crippen LogP) is 1.82. The summed E-state index contributed by atoms with van der Waals surface area (Å²) in [4.78, 5) is 0. The van der Waals surface area contributed by atoms with E-state index in [0.29, 0.717) is 17.9 Å². The summed E-state index contributed by atoms with van der Waals surface area (Å²) in [5.74, 6) is 1.33. The Hall–Kier alpha value is -0.340. The zero-order valence-electron chi connectivity index (χ0n) is 8.97. The SMILES string of the molecule is C=C(C)C(NC)C1CCOCC1C. The molecular formula is C11H21NO. The van der Waals surface area contributed by atoms with Crippen molar-refractivity contribution in [3.8, 4) is 0 Å². The number of likely N-dealkylation sites (N-methyl/N-ethyl adjacent to an activating group) is 1. The van der Waals surface area contributed by atoms with Crippen molar-refractivity contribution >= 4 is 0 Å². The molecule has 13 heavy (non-hydrogen) atoms. The number of hydrogen-bond donors (Lipinski definition) is 1. The lowest BCUT2D eigenvalue weighted by Crippen LogP contribution is -2.41. The first-order valence-corrected chi connectivity index (χ1v) is 5.07. The molecule has 76 valence electrons. The highest BCUT2D eigenvalue weighted by molar-refractivity contribution is 5.05. The molecule has 1 aliphatic heterocycles. The molecule has 1 aliphatic rings. The topological polar surface area (TPSA) is 21.3 Å². The highest BCUT2D eigenvalue weighted by atomic mass is 16.5. The van der Waals surface area contributed by atoms with Crippen LogP contribution in [0.15, 0.2) is 12.2 Å². The second-order valence-corrected chi connectivity index (χ2v) is 4.12. The van der Waals surface area contributed by atoms with Gasteiger partial charge < -0.3 is 10.1 Å². The predicted molar refractivity (Wildman–Crippen MR) is 55.8 cm³/mol.